The van der Waals surface area contributed by atoms with Gasteiger partial charge >= 0.3 is 0 Å². The monoisotopic (exact) mass is 481 g/mol. The van der Waals surface area contributed by atoms with Crippen LogP contribution in [0.2, 0.25) is 5.02 Å². The van der Waals surface area contributed by atoms with Crippen molar-refractivity contribution in [1.29, 1.82) is 0 Å². The summed E-state index contributed by atoms with van der Waals surface area (Å²) < 4.78 is 13.4. The highest BCUT2D eigenvalue weighted by Crippen LogP contribution is 2.29. The highest BCUT2D eigenvalue weighted by molar-refractivity contribution is 6.31. The number of anilines is 1. The highest BCUT2D eigenvalue weighted by atomic mass is 35.5. The van der Waals surface area contributed by atoms with Crippen LogP contribution in [0.4, 0.5) is 15.8 Å². The molecule has 3 aromatic carbocycles. The molecule has 0 N–H and O–H groups in total. The molecular weight excluding hydrogens is 465 g/mol. The van der Waals surface area contributed by atoms with Gasteiger partial charge in [-0.2, -0.15) is 0 Å². The lowest BCUT2D eigenvalue weighted by atomic mass is 10.1. The molecule has 1 fully saturated rings. The van der Waals surface area contributed by atoms with E-state index >= 15 is 0 Å². The molecular formula is C24H17ClFN3O5. The third-order valence-electron chi connectivity index (χ3n) is 5.44. The predicted molar refractivity (Wildman–Crippen MR) is 122 cm³/mol. The maximum absolute atomic E-state index is 13.4. The van der Waals surface area contributed by atoms with E-state index in [0.717, 1.165) is 4.90 Å². The number of nitro benzene ring substituents is 1. The van der Waals surface area contributed by atoms with Crippen LogP contribution >= 0.6 is 11.6 Å². The molecule has 1 aliphatic heterocycles. The van der Waals surface area contributed by atoms with Gasteiger partial charge in [-0.15, -0.1) is 0 Å². The molecule has 0 saturated carbocycles. The van der Waals surface area contributed by atoms with Gasteiger partial charge in [-0.05, 0) is 54.1 Å². The third-order valence-corrected chi connectivity index (χ3v) is 5.69. The number of halogens is 2. The summed E-state index contributed by atoms with van der Waals surface area (Å²) in [6.07, 6.45) is -0.249. The maximum Gasteiger partial charge on any atom is 0.269 e. The number of amides is 3. The number of benzene rings is 3. The van der Waals surface area contributed by atoms with E-state index in [0.29, 0.717) is 16.3 Å². The average molecular weight is 482 g/mol. The lowest BCUT2D eigenvalue weighted by molar-refractivity contribution is -0.384. The first-order chi connectivity index (χ1) is 16.2. The van der Waals surface area contributed by atoms with E-state index in [1.54, 1.807) is 12.1 Å². The zero-order valence-corrected chi connectivity index (χ0v) is 18.3. The molecule has 0 bridgehead atoms. The van der Waals surface area contributed by atoms with Crippen molar-refractivity contribution in [3.05, 3.63) is 105 Å². The number of hydrogen-bond donors (Lipinski definition) is 0. The summed E-state index contributed by atoms with van der Waals surface area (Å²) in [5, 5.41) is 11.4. The summed E-state index contributed by atoms with van der Waals surface area (Å²) in [4.78, 5) is 52.1. The number of nitro groups is 1. The molecule has 1 heterocycles. The Morgan fingerprint density at radius 1 is 1.03 bits per heavy atom. The minimum atomic E-state index is -1.11. The molecule has 34 heavy (non-hydrogen) atoms. The Hall–Kier alpha value is -4.11. The standard InChI is InChI=1S/C24H17ClFN3O5/c25-17-5-11-19(12-6-17)28-22(30)13-21(24(28)32)27(14-15-1-7-18(26)8-2-15)23(31)16-3-9-20(10-4-16)29(33)34/h1-12,21H,13-14H2. The van der Waals surface area contributed by atoms with E-state index in [2.05, 4.69) is 0 Å². The van der Waals surface area contributed by atoms with Crippen LogP contribution in [-0.2, 0) is 16.1 Å². The third kappa shape index (κ3) is 4.65. The minimum absolute atomic E-state index is 0.0752. The normalized spacial score (nSPS) is 15.5. The first-order valence-electron chi connectivity index (χ1n) is 10.2. The minimum Gasteiger partial charge on any atom is -0.322 e. The number of non-ortho nitro benzene ring substituents is 1. The van der Waals surface area contributed by atoms with E-state index in [1.165, 1.54) is 65.6 Å². The fraction of sp³-hybridized carbons (Fsp3) is 0.125. The average Bonchev–Trinajstić information content (AvgIpc) is 3.12. The number of nitrogens with zero attached hydrogens (tertiary/aromatic N) is 3. The zero-order chi connectivity index (χ0) is 24.4. The second kappa shape index (κ2) is 9.40. The van der Waals surface area contributed by atoms with Gasteiger partial charge in [0.05, 0.1) is 17.0 Å². The van der Waals surface area contributed by atoms with Gasteiger partial charge in [0, 0.05) is 29.3 Å². The molecule has 0 spiro atoms. The summed E-state index contributed by atoms with van der Waals surface area (Å²) >= 11 is 5.90. The van der Waals surface area contributed by atoms with Crippen molar-refractivity contribution < 1.29 is 23.7 Å². The molecule has 4 rings (SSSR count). The molecule has 1 saturated heterocycles. The van der Waals surface area contributed by atoms with E-state index in [-0.39, 0.29) is 24.2 Å². The van der Waals surface area contributed by atoms with Crippen molar-refractivity contribution in [3.8, 4) is 0 Å². The Labute approximate surface area is 198 Å². The Morgan fingerprint density at radius 3 is 2.24 bits per heavy atom. The highest BCUT2D eigenvalue weighted by Gasteiger charge is 2.44. The number of hydrogen-bond acceptors (Lipinski definition) is 5. The molecule has 10 heteroatoms. The van der Waals surface area contributed by atoms with Crippen molar-refractivity contribution >= 4 is 40.7 Å². The Bertz CT molecular complexity index is 1260. The first kappa shape index (κ1) is 23.1. The summed E-state index contributed by atoms with van der Waals surface area (Å²) in [5.41, 5.74) is 0.786. The lowest BCUT2D eigenvalue weighted by Crippen LogP contribution is -2.45. The van der Waals surface area contributed by atoms with Crippen molar-refractivity contribution in [2.45, 2.75) is 19.0 Å². The fourth-order valence-electron chi connectivity index (χ4n) is 3.72. The summed E-state index contributed by atoms with van der Waals surface area (Å²) in [7, 11) is 0. The second-order valence-electron chi connectivity index (χ2n) is 7.63. The lowest BCUT2D eigenvalue weighted by Gasteiger charge is -2.28. The van der Waals surface area contributed by atoms with Crippen LogP contribution in [-0.4, -0.2) is 33.6 Å². The smallest absolute Gasteiger partial charge is 0.269 e. The van der Waals surface area contributed by atoms with Crippen LogP contribution in [0, 0.1) is 15.9 Å². The fourth-order valence-corrected chi connectivity index (χ4v) is 3.85. The maximum atomic E-state index is 13.4. The van der Waals surface area contributed by atoms with Gasteiger partial charge in [0.2, 0.25) is 5.91 Å². The van der Waals surface area contributed by atoms with Crippen LogP contribution in [0.5, 0.6) is 0 Å². The van der Waals surface area contributed by atoms with Crippen molar-refractivity contribution in [3.63, 3.8) is 0 Å². The molecule has 3 amide bonds. The largest absolute Gasteiger partial charge is 0.322 e. The molecule has 3 aromatic rings. The zero-order valence-electron chi connectivity index (χ0n) is 17.6. The Kier molecular flexibility index (Phi) is 6.38. The Morgan fingerprint density at radius 2 is 1.65 bits per heavy atom. The number of imide groups is 1. The van der Waals surface area contributed by atoms with Gasteiger partial charge in [-0.25, -0.2) is 9.29 Å². The van der Waals surface area contributed by atoms with Crippen molar-refractivity contribution in [1.82, 2.24) is 4.90 Å². The first-order valence-corrected chi connectivity index (χ1v) is 10.5. The topological polar surface area (TPSA) is 101 Å². The molecule has 1 aliphatic rings. The quantitative estimate of drug-likeness (QED) is 0.296. The molecule has 1 unspecified atom stereocenters. The van der Waals surface area contributed by atoms with Crippen LogP contribution in [0.3, 0.4) is 0 Å². The van der Waals surface area contributed by atoms with Crippen LogP contribution in [0.1, 0.15) is 22.3 Å². The predicted octanol–water partition coefficient (Wildman–Crippen LogP) is 4.36. The van der Waals surface area contributed by atoms with Gasteiger partial charge in [0.25, 0.3) is 17.5 Å². The summed E-state index contributed by atoms with van der Waals surface area (Å²) in [5.74, 6) is -2.14. The number of carbonyl (C=O) groups excluding carboxylic acids is 3. The summed E-state index contributed by atoms with van der Waals surface area (Å²) in [6, 6.07) is 15.4. The van der Waals surface area contributed by atoms with Crippen molar-refractivity contribution in [2.24, 2.45) is 0 Å². The van der Waals surface area contributed by atoms with Crippen LogP contribution in [0.25, 0.3) is 0 Å². The van der Waals surface area contributed by atoms with Gasteiger partial charge in [-0.1, -0.05) is 23.7 Å². The SMILES string of the molecule is O=C1CC(N(Cc2ccc(F)cc2)C(=O)c2ccc([N+](=O)[O-])cc2)C(=O)N1c1ccc(Cl)cc1. The molecule has 0 aromatic heterocycles. The molecule has 0 radical (unpaired) electrons. The second-order valence-corrected chi connectivity index (χ2v) is 8.06. The van der Waals surface area contributed by atoms with Gasteiger partial charge in [0.1, 0.15) is 11.9 Å². The van der Waals surface area contributed by atoms with E-state index < -0.39 is 34.5 Å². The van der Waals surface area contributed by atoms with E-state index in [1.807, 2.05) is 0 Å². The molecule has 172 valence electrons. The van der Waals surface area contributed by atoms with E-state index in [9.17, 15) is 28.9 Å². The van der Waals surface area contributed by atoms with Crippen molar-refractivity contribution in [2.75, 3.05) is 4.90 Å². The van der Waals surface area contributed by atoms with Gasteiger partial charge in [-0.3, -0.25) is 24.5 Å². The molecule has 1 atom stereocenters. The van der Waals surface area contributed by atoms with Crippen LogP contribution in [0.15, 0.2) is 72.8 Å². The number of carbonyl (C=O) groups is 3. The van der Waals surface area contributed by atoms with Gasteiger partial charge < -0.3 is 4.90 Å². The Balaban J connectivity index is 1.68. The van der Waals surface area contributed by atoms with Gasteiger partial charge in [0.15, 0.2) is 0 Å². The molecule has 0 aliphatic carbocycles. The van der Waals surface area contributed by atoms with E-state index in [4.69, 9.17) is 11.6 Å². The molecule has 8 nitrogen and oxygen atoms in total. The summed E-state index contributed by atoms with van der Waals surface area (Å²) in [6.45, 7) is -0.0752. The number of rotatable bonds is 6. The van der Waals surface area contributed by atoms with Crippen LogP contribution < -0.4 is 4.90 Å².